The lowest BCUT2D eigenvalue weighted by Crippen LogP contribution is -2.30. The summed E-state index contributed by atoms with van der Waals surface area (Å²) in [7, 11) is -4.74. The fourth-order valence-electron chi connectivity index (χ4n) is 8.65. The van der Waals surface area contributed by atoms with Gasteiger partial charge in [-0.05, 0) is 44.9 Å². The fourth-order valence-corrected chi connectivity index (χ4v) is 9.43. The Morgan fingerprint density at radius 2 is 0.657 bits per heavy atom. The van der Waals surface area contributed by atoms with Crippen molar-refractivity contribution >= 4 is 25.7 Å². The molecule has 0 aliphatic rings. The van der Waals surface area contributed by atoms with Gasteiger partial charge in [-0.2, -0.15) is 0 Å². The smallest absolute Gasteiger partial charge is 0.462 e. The summed E-state index contributed by atoms with van der Waals surface area (Å²) < 4.78 is 39.5. The molecule has 0 aliphatic carbocycles. The zero-order valence-corrected chi connectivity index (χ0v) is 46.7. The molecule has 0 radical (unpaired) electrons. The highest BCUT2D eigenvalue weighted by atomic mass is 31.2. The van der Waals surface area contributed by atoms with E-state index in [1.54, 1.807) is 0 Å². The van der Waals surface area contributed by atoms with Crippen LogP contribution < -0.4 is 0 Å². The zero-order valence-electron chi connectivity index (χ0n) is 45.8. The van der Waals surface area contributed by atoms with Gasteiger partial charge in [-0.1, -0.05) is 251 Å². The molecule has 11 nitrogen and oxygen atoms in total. The summed E-state index contributed by atoms with van der Waals surface area (Å²) in [4.78, 5) is 48.5. The first-order valence-corrected chi connectivity index (χ1v) is 31.1. The molecule has 3 unspecified atom stereocenters. The van der Waals surface area contributed by atoms with E-state index in [2.05, 4.69) is 32.9 Å². The largest absolute Gasteiger partial charge is 0.472 e. The minimum atomic E-state index is -4.74. The molecule has 0 aromatic heterocycles. The molecule has 0 amide bonds. The Morgan fingerprint density at radius 1 is 0.386 bits per heavy atom. The van der Waals surface area contributed by atoms with Crippen molar-refractivity contribution in [3.05, 3.63) is 12.2 Å². The zero-order chi connectivity index (χ0) is 51.3. The van der Waals surface area contributed by atoms with Crippen molar-refractivity contribution in [3.63, 3.8) is 0 Å². The van der Waals surface area contributed by atoms with Gasteiger partial charge in [0.1, 0.15) is 12.7 Å². The molecule has 0 aromatic rings. The van der Waals surface area contributed by atoms with Gasteiger partial charge in [0.2, 0.25) is 0 Å². The molecule has 0 fully saturated rings. The van der Waals surface area contributed by atoms with Gasteiger partial charge < -0.3 is 24.2 Å². The number of rotatable bonds is 56. The number of hydrogen-bond donors (Lipinski definition) is 2. The second-order valence-electron chi connectivity index (χ2n) is 20.2. The van der Waals surface area contributed by atoms with Gasteiger partial charge in [0.25, 0.3) is 0 Å². The predicted molar refractivity (Wildman–Crippen MR) is 289 cm³/mol. The van der Waals surface area contributed by atoms with Gasteiger partial charge >= 0.3 is 25.7 Å². The summed E-state index contributed by atoms with van der Waals surface area (Å²) in [6, 6.07) is 0. The third-order valence-electron chi connectivity index (χ3n) is 13.2. The lowest BCUT2D eigenvalue weighted by atomic mass is 10.0. The van der Waals surface area contributed by atoms with E-state index in [9.17, 15) is 28.9 Å². The number of phosphoric ester groups is 1. The molecule has 70 heavy (non-hydrogen) atoms. The highest BCUT2D eigenvalue weighted by Gasteiger charge is 2.28. The molecule has 3 atom stereocenters. The Balaban J connectivity index is 4.65. The summed E-state index contributed by atoms with van der Waals surface area (Å²) in [5, 5.41) is 9.81. The summed E-state index contributed by atoms with van der Waals surface area (Å²) in [6.45, 7) is 4.68. The third kappa shape index (κ3) is 51.1. The van der Waals surface area contributed by atoms with Crippen LogP contribution in [-0.2, 0) is 42.2 Å². The number of carbonyl (C=O) groups excluding carboxylic acids is 3. The minimum absolute atomic E-state index is 0.174. The maximum absolute atomic E-state index is 12.9. The maximum Gasteiger partial charge on any atom is 0.472 e. The van der Waals surface area contributed by atoms with Gasteiger partial charge in [0.05, 0.1) is 19.8 Å². The van der Waals surface area contributed by atoms with Crippen LogP contribution >= 0.6 is 7.82 Å². The Labute approximate surface area is 430 Å². The van der Waals surface area contributed by atoms with Gasteiger partial charge in [0.15, 0.2) is 6.10 Å². The molecule has 0 saturated heterocycles. The van der Waals surface area contributed by atoms with Crippen LogP contribution in [0.1, 0.15) is 303 Å². The van der Waals surface area contributed by atoms with Crippen LogP contribution in [0.3, 0.4) is 0 Å². The molecule has 0 rings (SSSR count). The molecule has 0 aromatic carbocycles. The first-order chi connectivity index (χ1) is 34.2. The number of ether oxygens (including phenoxy) is 3. The second kappa shape index (κ2) is 53.5. The minimum Gasteiger partial charge on any atom is -0.462 e. The molecule has 0 bridgehead atoms. The SMILES string of the molecule is CCCCCC/C=C\CCCCCCCC(=O)OCC(COP(=O)(O)OCC(CO)OC(=O)CCCCCCCCCCCCCCCCC)OC(=O)CCCCCCCCCCCCCCCCC. The molecular weight excluding hydrogens is 904 g/mol. The standard InChI is InChI=1S/C58H111O11P/c1-4-7-10-13-16-19-22-25-27-30-33-36-39-42-45-48-57(61)68-54(50-59)52-66-70(63,64)67-53-55(51-65-56(60)47-44-41-38-35-32-29-24-21-18-15-12-9-6-3)69-58(62)49-46-43-40-37-34-31-28-26-23-20-17-14-11-8-5-2/h21,24,54-55,59H,4-20,22-23,25-53H2,1-3H3,(H,63,64)/b24-21-. The average Bonchev–Trinajstić information content (AvgIpc) is 3.35. The highest BCUT2D eigenvalue weighted by molar-refractivity contribution is 7.47. The van der Waals surface area contributed by atoms with E-state index in [4.69, 9.17) is 23.3 Å². The van der Waals surface area contributed by atoms with Crippen molar-refractivity contribution in [2.24, 2.45) is 0 Å². The molecule has 0 spiro atoms. The van der Waals surface area contributed by atoms with Gasteiger partial charge in [-0.25, -0.2) is 4.57 Å². The van der Waals surface area contributed by atoms with E-state index in [1.807, 2.05) is 0 Å². The monoisotopic (exact) mass is 1010 g/mol. The van der Waals surface area contributed by atoms with Gasteiger partial charge in [-0.3, -0.25) is 23.4 Å². The van der Waals surface area contributed by atoms with E-state index in [1.165, 1.54) is 167 Å². The van der Waals surface area contributed by atoms with Gasteiger partial charge in [0, 0.05) is 19.3 Å². The Bertz CT molecular complexity index is 1230. The number of aliphatic hydroxyl groups excluding tert-OH is 1. The van der Waals surface area contributed by atoms with Crippen LogP contribution in [0.4, 0.5) is 0 Å². The molecular formula is C58H111O11P. The topological polar surface area (TPSA) is 155 Å². The van der Waals surface area contributed by atoms with Crippen LogP contribution in [0.5, 0.6) is 0 Å². The number of hydrogen-bond acceptors (Lipinski definition) is 10. The highest BCUT2D eigenvalue weighted by Crippen LogP contribution is 2.43. The van der Waals surface area contributed by atoms with Crippen LogP contribution in [-0.4, -0.2) is 66.5 Å². The van der Waals surface area contributed by atoms with Crippen molar-refractivity contribution in [2.45, 2.75) is 315 Å². The molecule has 0 heterocycles. The van der Waals surface area contributed by atoms with Crippen LogP contribution in [0, 0.1) is 0 Å². The Morgan fingerprint density at radius 3 is 1.00 bits per heavy atom. The lowest BCUT2D eigenvalue weighted by molar-refractivity contribution is -0.161. The molecule has 2 N–H and O–H groups in total. The first kappa shape index (κ1) is 68.2. The number of unbranched alkanes of at least 4 members (excludes halogenated alkanes) is 37. The van der Waals surface area contributed by atoms with Crippen molar-refractivity contribution in [3.8, 4) is 0 Å². The Kier molecular flexibility index (Phi) is 52.1. The third-order valence-corrected chi connectivity index (χ3v) is 14.1. The molecule has 0 saturated carbocycles. The first-order valence-electron chi connectivity index (χ1n) is 29.6. The van der Waals surface area contributed by atoms with E-state index >= 15 is 0 Å². The van der Waals surface area contributed by atoms with E-state index in [0.717, 1.165) is 77.0 Å². The summed E-state index contributed by atoms with van der Waals surface area (Å²) in [6.07, 6.45) is 51.6. The maximum atomic E-state index is 12.9. The number of aliphatic hydroxyl groups is 1. The number of allylic oxidation sites excluding steroid dienone is 2. The Hall–Kier alpha value is -1.78. The van der Waals surface area contributed by atoms with Crippen LogP contribution in [0.15, 0.2) is 12.2 Å². The second-order valence-corrected chi connectivity index (χ2v) is 21.6. The quantitative estimate of drug-likeness (QED) is 0.0197. The summed E-state index contributed by atoms with van der Waals surface area (Å²) >= 11 is 0. The van der Waals surface area contributed by atoms with E-state index in [0.29, 0.717) is 19.3 Å². The molecule has 0 aliphatic heterocycles. The predicted octanol–water partition coefficient (Wildman–Crippen LogP) is 17.3. The number of esters is 3. The van der Waals surface area contributed by atoms with E-state index in [-0.39, 0.29) is 25.9 Å². The number of phosphoric acid groups is 1. The average molecular weight is 1020 g/mol. The van der Waals surface area contributed by atoms with Crippen molar-refractivity contribution in [1.82, 2.24) is 0 Å². The van der Waals surface area contributed by atoms with E-state index < -0.39 is 57.8 Å². The summed E-state index contributed by atoms with van der Waals surface area (Å²) in [5.74, 6) is -1.44. The van der Waals surface area contributed by atoms with Gasteiger partial charge in [-0.15, -0.1) is 0 Å². The molecule has 414 valence electrons. The van der Waals surface area contributed by atoms with Crippen molar-refractivity contribution in [1.29, 1.82) is 0 Å². The lowest BCUT2D eigenvalue weighted by Gasteiger charge is -2.21. The molecule has 12 heteroatoms. The van der Waals surface area contributed by atoms with Crippen LogP contribution in [0.25, 0.3) is 0 Å². The van der Waals surface area contributed by atoms with Crippen molar-refractivity contribution in [2.75, 3.05) is 26.4 Å². The fraction of sp³-hybridized carbons (Fsp3) is 0.914. The number of carbonyl (C=O) groups is 3. The van der Waals surface area contributed by atoms with Crippen LogP contribution in [0.2, 0.25) is 0 Å². The van der Waals surface area contributed by atoms with Crippen molar-refractivity contribution < 1.29 is 52.2 Å². The normalized spacial score (nSPS) is 13.4. The summed E-state index contributed by atoms with van der Waals surface area (Å²) in [5.41, 5.74) is 0.